The van der Waals surface area contributed by atoms with Gasteiger partial charge in [-0.15, -0.1) is 0 Å². The summed E-state index contributed by atoms with van der Waals surface area (Å²) in [6.45, 7) is 16.7. The Balaban J connectivity index is 2.70. The van der Waals surface area contributed by atoms with Crippen LogP contribution in [-0.2, 0) is 59.2 Å². The van der Waals surface area contributed by atoms with Crippen molar-refractivity contribution < 1.29 is 57.8 Å². The molecule has 0 spiro atoms. The Morgan fingerprint density at radius 3 is 0.924 bits per heavy atom. The number of nitrogens with two attached hydrogens (primary N) is 6. The first kappa shape index (κ1) is 90.3. The van der Waals surface area contributed by atoms with Gasteiger partial charge in [0.2, 0.25) is 59.1 Å². The number of nitrogens with one attached hydrogen (secondary N) is 21. The van der Waals surface area contributed by atoms with E-state index in [9.17, 15) is 53.1 Å². The number of para-hydroxylation sites is 1. The van der Waals surface area contributed by atoms with Crippen LogP contribution in [0.4, 0.5) is 0 Å². The monoisotopic (exact) mass is 1480 g/mol. The summed E-state index contributed by atoms with van der Waals surface area (Å²) in [6.07, 6.45) is 1.66. The Kier molecular flexibility index (Phi) is 39.6. The third-order valence-corrected chi connectivity index (χ3v) is 16.8. The summed E-state index contributed by atoms with van der Waals surface area (Å²) in [5.74, 6) is -14.5. The summed E-state index contributed by atoms with van der Waals surface area (Å²) in [6, 6.07) is -7.88. The lowest BCUT2D eigenvalue weighted by Gasteiger charge is -2.30. The smallest absolute Gasteiger partial charge is 0.326 e. The van der Waals surface area contributed by atoms with Crippen molar-refractivity contribution in [2.45, 2.75) is 206 Å². The SMILES string of the molecule is CC(C)[C@H](N)C(=O)N[C@@H](CCCNC(=N)N)C(=O)N[C@@H](CCCNC(=N)N)C(=O)N[C@H](C(=O)N[C@@H](Cc1c[nH]c2ccccc12)C(=O)N[C@@H](CCCNC(=N)N)C(=O)N[C@@H](CCCNC(=N)N)C(=O)N[C@H](C(=O)N[C@H](C(=O)N[C@@H](CCCNC(=N)N)C(=O)N[C@H](C(=O)O)C(C)C)C(C)C)C(C)C)C(C)C. The minimum atomic E-state index is -1.53. The molecule has 0 radical (unpaired) electrons. The zero-order chi connectivity index (χ0) is 79.4. The number of aromatic amines is 1. The maximum atomic E-state index is 15.2. The molecule has 0 saturated carbocycles. The Labute approximate surface area is 612 Å². The van der Waals surface area contributed by atoms with Gasteiger partial charge in [-0.3, -0.25) is 75.0 Å². The molecule has 2 rings (SSSR count). The summed E-state index contributed by atoms with van der Waals surface area (Å²) >= 11 is 0. The Hall–Kier alpha value is -10.8. The molecular weight excluding hydrogens is 1360 g/mol. The Morgan fingerprint density at radius 1 is 0.362 bits per heavy atom. The molecule has 0 aliphatic carbocycles. The minimum absolute atomic E-state index is 0.00954. The van der Waals surface area contributed by atoms with Crippen molar-refractivity contribution in [2.24, 2.45) is 64.0 Å². The van der Waals surface area contributed by atoms with Crippen LogP contribution in [0.25, 0.3) is 10.9 Å². The predicted octanol–water partition coefficient (Wildman–Crippen LogP) is -4.43. The standard InChI is InChI=1S/C66H117N27O12/c1-32(2)46(67)57(100)87-41(21-14-26-79-63(70)71)52(95)85-42(22-15-27-80-64(72)73)53(96)90-47(33(3)4)59(102)89-45(30-37-31-83-39-19-12-11-18-38(37)39)56(99)86-40(20-13-25-78-62(68)69)51(94)84-43(23-16-28-81-65(74)75)54(97)91-49(35(7)8)60(103)92-48(34(5)6)58(101)88-44(24-17-29-82-66(76)77)55(98)93-50(36(9)10)61(104)105/h11-12,18-19,31-36,40-50,83H,13-17,20-30,67H2,1-10H3,(H,84,94)(H,85,95)(H,86,99)(H,87,100)(H,88,101)(H,89,102)(H,90,96)(H,91,97)(H,92,103)(H,93,98)(H,104,105)(H4,68,69,78)(H4,70,71,79)(H4,72,73,80)(H4,74,75,81)(H4,76,77,82)/t40-,41-,42-,43-,44-,45-,46-,47-,48-,49-,50-/m0/s1. The van der Waals surface area contributed by atoms with Crippen LogP contribution in [0.1, 0.15) is 139 Å². The van der Waals surface area contributed by atoms with Gasteiger partial charge < -0.3 is 124 Å². The lowest BCUT2D eigenvalue weighted by Crippen LogP contribution is -2.62. The molecule has 34 N–H and O–H groups in total. The second kappa shape index (κ2) is 46.1. The number of fused-ring (bicyclic) bond motifs is 1. The van der Waals surface area contributed by atoms with Gasteiger partial charge in [0.05, 0.1) is 6.04 Å². The zero-order valence-corrected chi connectivity index (χ0v) is 61.8. The number of amides is 10. The van der Waals surface area contributed by atoms with Gasteiger partial charge in [0.25, 0.3) is 0 Å². The highest BCUT2D eigenvalue weighted by Gasteiger charge is 2.38. The normalized spacial score (nSPS) is 14.4. The van der Waals surface area contributed by atoms with E-state index in [0.29, 0.717) is 16.5 Å². The number of hydrogen-bond donors (Lipinski definition) is 28. The van der Waals surface area contributed by atoms with Gasteiger partial charge in [-0.2, -0.15) is 0 Å². The third kappa shape index (κ3) is 33.5. The van der Waals surface area contributed by atoms with E-state index in [4.69, 9.17) is 61.4 Å². The van der Waals surface area contributed by atoms with E-state index >= 15 is 4.79 Å². The maximum absolute atomic E-state index is 15.2. The average molecular weight is 1480 g/mol. The van der Waals surface area contributed by atoms with Gasteiger partial charge in [-0.25, -0.2) is 4.79 Å². The van der Waals surface area contributed by atoms with Crippen LogP contribution in [0.5, 0.6) is 0 Å². The molecule has 2 aromatic rings. The molecule has 1 heterocycles. The van der Waals surface area contributed by atoms with Crippen LogP contribution in [0.3, 0.4) is 0 Å². The van der Waals surface area contributed by atoms with Crippen molar-refractivity contribution in [3.05, 3.63) is 36.0 Å². The molecule has 0 fully saturated rings. The molecule has 0 unspecified atom stereocenters. The molecule has 11 atom stereocenters. The van der Waals surface area contributed by atoms with Crippen molar-refractivity contribution >= 4 is 106 Å². The highest BCUT2D eigenvalue weighted by Crippen LogP contribution is 2.21. The first-order chi connectivity index (χ1) is 49.2. The minimum Gasteiger partial charge on any atom is -0.480 e. The van der Waals surface area contributed by atoms with Crippen molar-refractivity contribution in [3.8, 4) is 0 Å². The number of carboxylic acids is 1. The highest BCUT2D eigenvalue weighted by molar-refractivity contribution is 6.00. The lowest BCUT2D eigenvalue weighted by atomic mass is 9.98. The predicted molar refractivity (Wildman–Crippen MR) is 397 cm³/mol. The van der Waals surface area contributed by atoms with Gasteiger partial charge in [-0.05, 0) is 105 Å². The number of carbonyl (C=O) groups is 11. The van der Waals surface area contributed by atoms with Crippen molar-refractivity contribution in [1.82, 2.24) is 84.7 Å². The summed E-state index contributed by atoms with van der Waals surface area (Å²) < 4.78 is 0. The summed E-state index contributed by atoms with van der Waals surface area (Å²) in [5.41, 5.74) is 34.9. The van der Waals surface area contributed by atoms with Gasteiger partial charge in [0, 0.05) is 56.2 Å². The average Bonchev–Trinajstić information content (AvgIpc) is 1.71. The van der Waals surface area contributed by atoms with Crippen LogP contribution < -0.4 is 114 Å². The second-order valence-electron chi connectivity index (χ2n) is 27.4. The fraction of sp³-hybridized carbons (Fsp3) is 0.636. The molecular formula is C66H117N27O12. The molecule has 0 saturated heterocycles. The Morgan fingerprint density at radius 2 is 0.619 bits per heavy atom. The molecule has 1 aromatic heterocycles. The number of benzene rings is 1. The molecule has 105 heavy (non-hydrogen) atoms. The van der Waals surface area contributed by atoms with Crippen molar-refractivity contribution in [3.63, 3.8) is 0 Å². The van der Waals surface area contributed by atoms with E-state index < -0.39 is 167 Å². The number of hydrogen-bond acceptors (Lipinski definition) is 17. The number of aromatic nitrogens is 1. The lowest BCUT2D eigenvalue weighted by molar-refractivity contribution is -0.143. The molecule has 588 valence electrons. The first-order valence-corrected chi connectivity index (χ1v) is 35.2. The van der Waals surface area contributed by atoms with E-state index in [1.807, 2.05) is 0 Å². The maximum Gasteiger partial charge on any atom is 0.326 e. The summed E-state index contributed by atoms with van der Waals surface area (Å²) in [4.78, 5) is 159. The van der Waals surface area contributed by atoms with Gasteiger partial charge >= 0.3 is 5.97 Å². The number of rotatable bonds is 48. The molecule has 1 aromatic carbocycles. The van der Waals surface area contributed by atoms with Crippen molar-refractivity contribution in [2.75, 3.05) is 32.7 Å². The molecule has 0 bridgehead atoms. The van der Waals surface area contributed by atoms with Crippen LogP contribution >= 0.6 is 0 Å². The first-order valence-electron chi connectivity index (χ1n) is 35.2. The van der Waals surface area contributed by atoms with E-state index in [1.165, 1.54) is 0 Å². The van der Waals surface area contributed by atoms with Gasteiger partial charge in [0.1, 0.15) is 60.4 Å². The van der Waals surface area contributed by atoms with Crippen LogP contribution in [-0.4, -0.2) is 204 Å². The van der Waals surface area contributed by atoms with E-state index in [-0.39, 0.29) is 127 Å². The number of carbonyl (C=O) groups excluding carboxylic acids is 10. The molecule has 10 amide bonds. The Bertz CT molecular complexity index is 3290. The third-order valence-electron chi connectivity index (χ3n) is 16.8. The van der Waals surface area contributed by atoms with Crippen molar-refractivity contribution in [1.29, 1.82) is 27.0 Å². The molecule has 39 nitrogen and oxygen atoms in total. The molecule has 0 aliphatic rings. The number of carboxylic acid groups (broad SMARTS) is 1. The van der Waals surface area contributed by atoms with Crippen LogP contribution in [0, 0.1) is 56.6 Å². The summed E-state index contributed by atoms with van der Waals surface area (Å²) in [5, 5.41) is 88.6. The quantitative estimate of drug-likeness (QED) is 0.0169. The fourth-order valence-corrected chi connectivity index (χ4v) is 10.8. The van der Waals surface area contributed by atoms with Gasteiger partial charge in [-0.1, -0.05) is 87.4 Å². The second-order valence-corrected chi connectivity index (χ2v) is 27.4. The van der Waals surface area contributed by atoms with Crippen LogP contribution in [0.15, 0.2) is 30.5 Å². The fourth-order valence-electron chi connectivity index (χ4n) is 10.8. The number of H-pyrrole nitrogens is 1. The number of aliphatic carboxylic acids is 1. The summed E-state index contributed by atoms with van der Waals surface area (Å²) in [7, 11) is 0. The zero-order valence-electron chi connectivity index (χ0n) is 61.8. The van der Waals surface area contributed by atoms with Gasteiger partial charge in [0.15, 0.2) is 29.8 Å². The van der Waals surface area contributed by atoms with E-state index in [1.54, 1.807) is 99.7 Å². The van der Waals surface area contributed by atoms with E-state index in [0.717, 1.165) is 0 Å². The topological polar surface area (TPSA) is 680 Å². The number of guanidine groups is 5. The van der Waals surface area contributed by atoms with E-state index in [2.05, 4.69) is 84.7 Å². The molecule has 0 aliphatic heterocycles. The molecule has 39 heteroatoms. The van der Waals surface area contributed by atoms with Crippen LogP contribution in [0.2, 0.25) is 0 Å². The highest BCUT2D eigenvalue weighted by atomic mass is 16.4. The largest absolute Gasteiger partial charge is 0.480 e.